The molecule has 0 radical (unpaired) electrons. The number of rotatable bonds is 5. The summed E-state index contributed by atoms with van der Waals surface area (Å²) in [4.78, 5) is 23.2. The zero-order chi connectivity index (χ0) is 19.7. The molecular weight excluding hydrogens is 350 g/mol. The van der Waals surface area contributed by atoms with Crippen molar-refractivity contribution in [3.8, 4) is 0 Å². The monoisotopic (exact) mass is 373 g/mol. The van der Waals surface area contributed by atoms with Gasteiger partial charge in [0.05, 0.1) is 12.6 Å². The Balaban J connectivity index is 1.77. The number of fused-ring (bicyclic) bond motifs is 1. The van der Waals surface area contributed by atoms with Crippen molar-refractivity contribution >= 4 is 17.7 Å². The maximum absolute atomic E-state index is 12.7. The molecule has 28 heavy (non-hydrogen) atoms. The van der Waals surface area contributed by atoms with Crippen molar-refractivity contribution in [1.82, 2.24) is 14.9 Å². The van der Waals surface area contributed by atoms with Crippen LogP contribution in [0.3, 0.4) is 0 Å². The molecule has 3 N–H and O–H groups in total. The molecule has 6 nitrogen and oxygen atoms in total. The Morgan fingerprint density at radius 1 is 0.964 bits per heavy atom. The van der Waals surface area contributed by atoms with E-state index in [4.69, 9.17) is 5.73 Å². The summed E-state index contributed by atoms with van der Waals surface area (Å²) in [7, 11) is 0. The number of nitrogen functional groups attached to an aromatic ring is 1. The van der Waals surface area contributed by atoms with Crippen molar-refractivity contribution < 1.29 is 4.79 Å². The van der Waals surface area contributed by atoms with E-state index in [1.54, 1.807) is 4.90 Å². The lowest BCUT2D eigenvalue weighted by Crippen LogP contribution is -2.31. The number of nitrogens with zero attached hydrogens (tertiary/aromatic N) is 3. The van der Waals surface area contributed by atoms with E-state index >= 15 is 0 Å². The lowest BCUT2D eigenvalue weighted by atomic mass is 9.98. The highest BCUT2D eigenvalue weighted by Crippen LogP contribution is 2.33. The number of benzene rings is 2. The van der Waals surface area contributed by atoms with Crippen LogP contribution in [-0.2, 0) is 6.54 Å². The van der Waals surface area contributed by atoms with Gasteiger partial charge in [0, 0.05) is 11.6 Å². The second-order valence-electron chi connectivity index (χ2n) is 7.18. The zero-order valence-electron chi connectivity index (χ0n) is 16.0. The minimum atomic E-state index is -0.121. The van der Waals surface area contributed by atoms with Gasteiger partial charge >= 0.3 is 0 Å². The molecule has 1 amide bonds. The summed E-state index contributed by atoms with van der Waals surface area (Å²) in [6, 6.07) is 20.3. The Hall–Kier alpha value is -3.41. The van der Waals surface area contributed by atoms with Gasteiger partial charge in [-0.3, -0.25) is 4.79 Å². The van der Waals surface area contributed by atoms with Crippen molar-refractivity contribution in [2.24, 2.45) is 0 Å². The van der Waals surface area contributed by atoms with Crippen LogP contribution in [0, 0.1) is 0 Å². The largest absolute Gasteiger partial charge is 0.368 e. The van der Waals surface area contributed by atoms with Crippen LogP contribution in [0.2, 0.25) is 0 Å². The Morgan fingerprint density at radius 2 is 1.54 bits per heavy atom. The molecule has 0 atom stereocenters. The number of carbonyl (C=O) groups is 1. The van der Waals surface area contributed by atoms with E-state index in [2.05, 4.69) is 39.6 Å². The molecule has 2 heterocycles. The lowest BCUT2D eigenvalue weighted by Gasteiger charge is -2.22. The van der Waals surface area contributed by atoms with Gasteiger partial charge in [0.2, 0.25) is 5.95 Å². The van der Waals surface area contributed by atoms with Gasteiger partial charge in [0.1, 0.15) is 11.5 Å². The predicted molar refractivity (Wildman–Crippen MR) is 110 cm³/mol. The third-order valence-electron chi connectivity index (χ3n) is 4.99. The highest BCUT2D eigenvalue weighted by Gasteiger charge is 2.34. The van der Waals surface area contributed by atoms with Crippen molar-refractivity contribution in [3.63, 3.8) is 0 Å². The molecule has 2 aromatic carbocycles. The fourth-order valence-electron chi connectivity index (χ4n) is 3.53. The molecule has 3 aromatic rings. The maximum Gasteiger partial charge on any atom is 0.273 e. The van der Waals surface area contributed by atoms with Crippen LogP contribution in [0.25, 0.3) is 0 Å². The van der Waals surface area contributed by atoms with Crippen LogP contribution in [0.5, 0.6) is 0 Å². The fraction of sp³-hybridized carbons (Fsp3) is 0.227. The van der Waals surface area contributed by atoms with E-state index in [9.17, 15) is 4.79 Å². The Bertz CT molecular complexity index is 949. The first-order valence-corrected chi connectivity index (χ1v) is 9.38. The fourth-order valence-corrected chi connectivity index (χ4v) is 3.53. The van der Waals surface area contributed by atoms with Crippen LogP contribution in [0.15, 0.2) is 60.7 Å². The first kappa shape index (κ1) is 18.0. The molecule has 0 aliphatic carbocycles. The molecule has 142 valence electrons. The number of nitrogens with two attached hydrogens (primary N) is 1. The van der Waals surface area contributed by atoms with Crippen LogP contribution in [0.1, 0.15) is 47.1 Å². The van der Waals surface area contributed by atoms with Gasteiger partial charge in [-0.1, -0.05) is 60.7 Å². The van der Waals surface area contributed by atoms with Crippen molar-refractivity contribution in [3.05, 3.63) is 83.0 Å². The molecule has 4 rings (SSSR count). The van der Waals surface area contributed by atoms with Crippen molar-refractivity contribution in [2.45, 2.75) is 32.5 Å². The highest BCUT2D eigenvalue weighted by atomic mass is 16.2. The summed E-state index contributed by atoms with van der Waals surface area (Å²) in [6.45, 7) is 4.46. The van der Waals surface area contributed by atoms with Gasteiger partial charge < -0.3 is 16.0 Å². The zero-order valence-corrected chi connectivity index (χ0v) is 16.0. The van der Waals surface area contributed by atoms with E-state index in [0.29, 0.717) is 18.1 Å². The van der Waals surface area contributed by atoms with Gasteiger partial charge in [-0.05, 0) is 25.0 Å². The van der Waals surface area contributed by atoms with E-state index in [0.717, 1.165) is 16.7 Å². The summed E-state index contributed by atoms with van der Waals surface area (Å²) in [5, 5.41) is 3.52. The van der Waals surface area contributed by atoms with Crippen LogP contribution in [-0.4, -0.2) is 26.8 Å². The number of hydrogen-bond acceptors (Lipinski definition) is 5. The van der Waals surface area contributed by atoms with Crippen LogP contribution in [0.4, 0.5) is 11.8 Å². The Morgan fingerprint density at radius 3 is 2.07 bits per heavy atom. The third kappa shape index (κ3) is 3.29. The van der Waals surface area contributed by atoms with Gasteiger partial charge in [-0.25, -0.2) is 4.98 Å². The topological polar surface area (TPSA) is 84.1 Å². The molecule has 0 saturated carbocycles. The van der Waals surface area contributed by atoms with Gasteiger partial charge in [0.25, 0.3) is 5.91 Å². The SMILES string of the molecule is CC(C)N1Cc2c(NC(c3ccccc3)c3ccccc3)nc(N)nc2C1=O. The standard InChI is InChI=1S/C22H23N5O/c1-14(2)27-13-17-19(21(27)28)25-22(23)26-20(17)24-18(15-9-5-3-6-10-15)16-11-7-4-8-12-16/h3-12,14,18H,13H2,1-2H3,(H3,23,24,25,26). The molecule has 0 saturated heterocycles. The minimum Gasteiger partial charge on any atom is -0.368 e. The Labute approximate surface area is 164 Å². The molecular formula is C22H23N5O. The second-order valence-corrected chi connectivity index (χ2v) is 7.18. The summed E-state index contributed by atoms with van der Waals surface area (Å²) in [5.41, 5.74) is 9.33. The molecule has 1 aliphatic rings. The molecule has 6 heteroatoms. The smallest absolute Gasteiger partial charge is 0.273 e. The first-order chi connectivity index (χ1) is 13.5. The van der Waals surface area contributed by atoms with E-state index < -0.39 is 0 Å². The van der Waals surface area contributed by atoms with E-state index in [1.165, 1.54) is 0 Å². The summed E-state index contributed by atoms with van der Waals surface area (Å²) < 4.78 is 0. The number of hydrogen-bond donors (Lipinski definition) is 2. The highest BCUT2D eigenvalue weighted by molar-refractivity contribution is 5.98. The van der Waals surface area contributed by atoms with Crippen molar-refractivity contribution in [1.29, 1.82) is 0 Å². The van der Waals surface area contributed by atoms with Gasteiger partial charge in [-0.15, -0.1) is 0 Å². The summed E-state index contributed by atoms with van der Waals surface area (Å²) in [6.07, 6.45) is 0. The number of aromatic nitrogens is 2. The number of nitrogens with one attached hydrogen (secondary N) is 1. The van der Waals surface area contributed by atoms with Crippen molar-refractivity contribution in [2.75, 3.05) is 11.1 Å². The summed E-state index contributed by atoms with van der Waals surface area (Å²) >= 11 is 0. The first-order valence-electron chi connectivity index (χ1n) is 9.38. The predicted octanol–water partition coefficient (Wildman–Crippen LogP) is 3.62. The van der Waals surface area contributed by atoms with Crippen LogP contribution >= 0.6 is 0 Å². The third-order valence-corrected chi connectivity index (χ3v) is 4.99. The van der Waals surface area contributed by atoms with Gasteiger partial charge in [-0.2, -0.15) is 4.98 Å². The normalized spacial score (nSPS) is 13.3. The number of carbonyl (C=O) groups excluding carboxylic acids is 1. The average Bonchev–Trinajstić information content (AvgIpc) is 3.04. The molecule has 0 spiro atoms. The van der Waals surface area contributed by atoms with Gasteiger partial charge in [0.15, 0.2) is 0 Å². The quantitative estimate of drug-likeness (QED) is 0.713. The van der Waals surface area contributed by atoms with E-state index in [-0.39, 0.29) is 23.9 Å². The van der Waals surface area contributed by atoms with E-state index in [1.807, 2.05) is 50.2 Å². The van der Waals surface area contributed by atoms with Crippen LogP contribution < -0.4 is 11.1 Å². The summed E-state index contributed by atoms with van der Waals surface area (Å²) in [5.74, 6) is 0.606. The lowest BCUT2D eigenvalue weighted by molar-refractivity contribution is 0.0726. The minimum absolute atomic E-state index is 0.0785. The average molecular weight is 373 g/mol. The Kier molecular flexibility index (Phi) is 4.69. The number of anilines is 2. The number of amides is 1. The molecule has 0 fully saturated rings. The molecule has 1 aliphatic heterocycles. The second kappa shape index (κ2) is 7.31. The molecule has 0 unspecified atom stereocenters. The maximum atomic E-state index is 12.7. The molecule has 0 bridgehead atoms. The molecule has 1 aromatic heterocycles.